The monoisotopic (exact) mass is 358 g/mol. The van der Waals surface area contributed by atoms with Gasteiger partial charge < -0.3 is 20.8 Å². The zero-order chi connectivity index (χ0) is 19.0. The van der Waals surface area contributed by atoms with Crippen molar-refractivity contribution in [1.82, 2.24) is 10.6 Å². The summed E-state index contributed by atoms with van der Waals surface area (Å²) >= 11 is 0. The smallest absolute Gasteiger partial charge is 0.254 e. The predicted molar refractivity (Wildman–Crippen MR) is 87.5 cm³/mol. The minimum Gasteiger partial charge on any atom is -0.394 e. The van der Waals surface area contributed by atoms with Gasteiger partial charge in [-0.15, -0.1) is 0 Å². The molecule has 3 atom stereocenters. The Hall–Kier alpha value is -2.06. The molecule has 140 valence electrons. The number of rotatable bonds is 9. The highest BCUT2D eigenvalue weighted by Crippen LogP contribution is 2.16. The fraction of sp³-hybridized carbons (Fsp3) is 0.529. The number of aliphatic hydroxyl groups excluding tert-OH is 2. The first kappa shape index (κ1) is 21.0. The molecule has 0 saturated heterocycles. The van der Waals surface area contributed by atoms with Crippen LogP contribution in [0.4, 0.5) is 8.78 Å². The summed E-state index contributed by atoms with van der Waals surface area (Å²) in [5.41, 5.74) is -0.251. The lowest BCUT2D eigenvalue weighted by Gasteiger charge is -2.21. The van der Waals surface area contributed by atoms with E-state index < -0.39 is 41.6 Å². The summed E-state index contributed by atoms with van der Waals surface area (Å²) in [7, 11) is 0. The fourth-order valence-corrected chi connectivity index (χ4v) is 2.23. The van der Waals surface area contributed by atoms with Crippen molar-refractivity contribution in [2.24, 2.45) is 0 Å². The molecular weight excluding hydrogens is 334 g/mol. The van der Waals surface area contributed by atoms with Crippen LogP contribution in [-0.2, 0) is 9.59 Å². The lowest BCUT2D eigenvalue weighted by atomic mass is 10.1. The molecule has 2 amide bonds. The Morgan fingerprint density at radius 1 is 1.12 bits per heavy atom. The Morgan fingerprint density at radius 2 is 1.72 bits per heavy atom. The highest BCUT2D eigenvalue weighted by atomic mass is 19.1. The molecule has 1 aromatic carbocycles. The maximum absolute atomic E-state index is 13.2. The van der Waals surface area contributed by atoms with E-state index in [1.54, 1.807) is 0 Å². The number of hydrogen-bond donors (Lipinski definition) is 4. The third-order valence-corrected chi connectivity index (χ3v) is 3.67. The number of hydrogen-bond acceptors (Lipinski definition) is 4. The minimum atomic E-state index is -1.81. The maximum Gasteiger partial charge on any atom is 0.254 e. The average molecular weight is 358 g/mol. The number of nitrogens with one attached hydrogen (secondary N) is 2. The molecule has 0 aromatic heterocycles. The first-order chi connectivity index (χ1) is 11.8. The molecule has 0 aliphatic carbocycles. The van der Waals surface area contributed by atoms with E-state index in [4.69, 9.17) is 0 Å². The topological polar surface area (TPSA) is 98.7 Å². The second-order valence-corrected chi connectivity index (χ2v) is 5.87. The lowest BCUT2D eigenvalue weighted by Crippen LogP contribution is -2.50. The maximum atomic E-state index is 13.2. The quantitative estimate of drug-likeness (QED) is 0.533. The number of unbranched alkanes of at least 4 members (excludes halogenated alkanes) is 1. The van der Waals surface area contributed by atoms with Crippen LogP contribution in [0.1, 0.15) is 44.8 Å². The summed E-state index contributed by atoms with van der Waals surface area (Å²) in [6.07, 6.45) is 0.532. The largest absolute Gasteiger partial charge is 0.394 e. The van der Waals surface area contributed by atoms with Gasteiger partial charge in [-0.1, -0.05) is 19.8 Å². The van der Waals surface area contributed by atoms with Crippen molar-refractivity contribution in [3.05, 3.63) is 35.4 Å². The van der Waals surface area contributed by atoms with Crippen LogP contribution in [0.15, 0.2) is 18.2 Å². The Labute approximate surface area is 145 Å². The molecule has 0 fully saturated rings. The molecule has 0 unspecified atom stereocenters. The molecule has 6 nitrogen and oxygen atoms in total. The molecular formula is C17H24F2N2O4. The van der Waals surface area contributed by atoms with Crippen LogP contribution < -0.4 is 10.6 Å². The standard InChI is InChI=1S/C17H24F2N2O4/c1-3-4-5-14(9-22)21-16(24)10(2)20-17(25)15(23)11-6-12(18)8-13(19)7-11/h6-8,10,14-15,22-23H,3-5,9H2,1-2H3,(H,20,25)(H,21,24)/t10-,14-,15-/m0/s1. The van der Waals surface area contributed by atoms with Crippen LogP contribution in [0.3, 0.4) is 0 Å². The fourth-order valence-electron chi connectivity index (χ4n) is 2.23. The summed E-state index contributed by atoms with van der Waals surface area (Å²) in [4.78, 5) is 24.0. The Morgan fingerprint density at radius 3 is 2.24 bits per heavy atom. The van der Waals surface area contributed by atoms with Gasteiger partial charge in [0.2, 0.25) is 5.91 Å². The highest BCUT2D eigenvalue weighted by Gasteiger charge is 2.24. The lowest BCUT2D eigenvalue weighted by molar-refractivity contribution is -0.134. The molecule has 0 radical (unpaired) electrons. The van der Waals surface area contributed by atoms with Gasteiger partial charge in [-0.25, -0.2) is 8.78 Å². The van der Waals surface area contributed by atoms with Gasteiger partial charge >= 0.3 is 0 Å². The Balaban J connectivity index is 2.63. The number of halogens is 2. The van der Waals surface area contributed by atoms with Crippen molar-refractivity contribution < 1.29 is 28.6 Å². The van der Waals surface area contributed by atoms with Gasteiger partial charge in [0.1, 0.15) is 17.7 Å². The molecule has 8 heteroatoms. The highest BCUT2D eigenvalue weighted by molar-refractivity contribution is 5.89. The van der Waals surface area contributed by atoms with E-state index in [9.17, 15) is 28.6 Å². The second kappa shape index (κ2) is 10.0. The molecule has 4 N–H and O–H groups in total. The SMILES string of the molecule is CCCC[C@@H](CO)NC(=O)[C@H](C)NC(=O)[C@@H](O)c1cc(F)cc(F)c1. The van der Waals surface area contributed by atoms with Crippen LogP contribution in [0.5, 0.6) is 0 Å². The van der Waals surface area contributed by atoms with E-state index in [-0.39, 0.29) is 12.2 Å². The van der Waals surface area contributed by atoms with Gasteiger partial charge in [0.15, 0.2) is 6.10 Å². The second-order valence-electron chi connectivity index (χ2n) is 5.87. The number of benzene rings is 1. The van der Waals surface area contributed by atoms with Crippen LogP contribution in [0.2, 0.25) is 0 Å². The van der Waals surface area contributed by atoms with Gasteiger partial charge in [0.25, 0.3) is 5.91 Å². The van der Waals surface area contributed by atoms with Gasteiger partial charge in [-0.2, -0.15) is 0 Å². The predicted octanol–water partition coefficient (Wildman–Crippen LogP) is 1.17. The molecule has 1 rings (SSSR count). The van der Waals surface area contributed by atoms with Crippen LogP contribution >= 0.6 is 0 Å². The van der Waals surface area contributed by atoms with Crippen LogP contribution in [0, 0.1) is 11.6 Å². The van der Waals surface area contributed by atoms with Gasteiger partial charge in [-0.05, 0) is 31.0 Å². The number of carbonyl (C=O) groups is 2. The van der Waals surface area contributed by atoms with Crippen LogP contribution in [-0.4, -0.2) is 40.7 Å². The van der Waals surface area contributed by atoms with E-state index in [1.165, 1.54) is 6.92 Å². The Bertz CT molecular complexity index is 578. The van der Waals surface area contributed by atoms with E-state index in [2.05, 4.69) is 10.6 Å². The first-order valence-electron chi connectivity index (χ1n) is 8.14. The number of amides is 2. The summed E-state index contributed by atoms with van der Waals surface area (Å²) in [5.74, 6) is -3.33. The summed E-state index contributed by atoms with van der Waals surface area (Å²) in [6.45, 7) is 3.16. The summed E-state index contributed by atoms with van der Waals surface area (Å²) < 4.78 is 26.3. The molecule has 0 bridgehead atoms. The zero-order valence-corrected chi connectivity index (χ0v) is 14.3. The third-order valence-electron chi connectivity index (χ3n) is 3.67. The molecule has 0 saturated carbocycles. The van der Waals surface area contributed by atoms with Gasteiger partial charge in [0, 0.05) is 6.07 Å². The van der Waals surface area contributed by atoms with E-state index in [0.29, 0.717) is 12.5 Å². The number of carbonyl (C=O) groups excluding carboxylic acids is 2. The van der Waals surface area contributed by atoms with Crippen molar-refractivity contribution in [3.63, 3.8) is 0 Å². The molecule has 0 heterocycles. The van der Waals surface area contributed by atoms with Crippen molar-refractivity contribution in [2.45, 2.75) is 51.3 Å². The van der Waals surface area contributed by atoms with Crippen molar-refractivity contribution in [2.75, 3.05) is 6.61 Å². The minimum absolute atomic E-state index is 0.225. The van der Waals surface area contributed by atoms with E-state index in [1.807, 2.05) is 6.92 Å². The number of aliphatic hydroxyl groups is 2. The molecule has 0 aliphatic heterocycles. The van der Waals surface area contributed by atoms with Gasteiger partial charge in [0.05, 0.1) is 12.6 Å². The van der Waals surface area contributed by atoms with Crippen LogP contribution in [0.25, 0.3) is 0 Å². The van der Waals surface area contributed by atoms with Crippen molar-refractivity contribution in [3.8, 4) is 0 Å². The average Bonchev–Trinajstić information content (AvgIpc) is 2.56. The zero-order valence-electron chi connectivity index (χ0n) is 14.3. The van der Waals surface area contributed by atoms with Crippen molar-refractivity contribution >= 4 is 11.8 Å². The van der Waals surface area contributed by atoms with E-state index in [0.717, 1.165) is 25.0 Å². The summed E-state index contributed by atoms with van der Waals surface area (Å²) in [6, 6.07) is 0.885. The Kier molecular flexibility index (Phi) is 8.44. The summed E-state index contributed by atoms with van der Waals surface area (Å²) in [5, 5.41) is 24.0. The molecule has 25 heavy (non-hydrogen) atoms. The first-order valence-corrected chi connectivity index (χ1v) is 8.14. The molecule has 0 spiro atoms. The third kappa shape index (κ3) is 6.75. The molecule has 1 aromatic rings. The normalized spacial score (nSPS) is 14.5. The van der Waals surface area contributed by atoms with Crippen molar-refractivity contribution in [1.29, 1.82) is 0 Å². The van der Waals surface area contributed by atoms with E-state index >= 15 is 0 Å². The van der Waals surface area contributed by atoms with Gasteiger partial charge in [-0.3, -0.25) is 9.59 Å². The molecule has 0 aliphatic rings.